The number of fused-ring (bicyclic) bond motifs is 6. The summed E-state index contributed by atoms with van der Waals surface area (Å²) >= 11 is 0. The Hall–Kier alpha value is -8.06. The first-order valence-electron chi connectivity index (χ1n) is 30.9. The maximum Gasteiger partial charge on any atom is 0.0158 e. The van der Waals surface area contributed by atoms with Crippen LogP contribution in [0.3, 0.4) is 0 Å². The highest BCUT2D eigenvalue weighted by Crippen LogP contribution is 2.48. The van der Waals surface area contributed by atoms with Gasteiger partial charge in [-0.2, -0.15) is 0 Å². The smallest absolute Gasteiger partial charge is 0.0158 e. The van der Waals surface area contributed by atoms with Crippen LogP contribution in [-0.2, 0) is 23.7 Å². The molecule has 0 bridgehead atoms. The third kappa shape index (κ3) is 20.0. The van der Waals surface area contributed by atoms with Crippen LogP contribution in [0.4, 0.5) is 0 Å². The fourth-order valence-electron chi connectivity index (χ4n) is 11.0. The van der Waals surface area contributed by atoms with Gasteiger partial charge in [-0.15, -0.1) is 0 Å². The summed E-state index contributed by atoms with van der Waals surface area (Å²) in [5.41, 5.74) is 27.2. The first-order valence-corrected chi connectivity index (χ1v) is 30.9. The van der Waals surface area contributed by atoms with Gasteiger partial charge in [0, 0.05) is 5.41 Å². The van der Waals surface area contributed by atoms with Gasteiger partial charge in [0.05, 0.1) is 0 Å². The van der Waals surface area contributed by atoms with Gasteiger partial charge in [0.1, 0.15) is 0 Å². The van der Waals surface area contributed by atoms with Crippen LogP contribution < -0.4 is 0 Å². The summed E-state index contributed by atoms with van der Waals surface area (Å²) in [6.45, 7) is 37.0. The van der Waals surface area contributed by atoms with Crippen LogP contribution in [0.25, 0.3) is 32.7 Å². The molecule has 0 saturated carbocycles. The van der Waals surface area contributed by atoms with Gasteiger partial charge in [0.25, 0.3) is 0 Å². The molecule has 0 spiro atoms. The maximum absolute atomic E-state index is 2.33. The second-order valence-electron chi connectivity index (χ2n) is 25.2. The number of hydrogen-bond acceptors (Lipinski definition) is 0. The van der Waals surface area contributed by atoms with Gasteiger partial charge < -0.3 is 0 Å². The van der Waals surface area contributed by atoms with E-state index < -0.39 is 0 Å². The molecule has 438 valence electrons. The molecular formula is C85H98. The quantitative estimate of drug-likeness (QED) is 0.142. The lowest BCUT2D eigenvalue weighted by molar-refractivity contribution is 0.590. The van der Waals surface area contributed by atoms with Crippen molar-refractivity contribution in [3.8, 4) is 11.1 Å². The van der Waals surface area contributed by atoms with Gasteiger partial charge in [-0.3, -0.25) is 0 Å². The van der Waals surface area contributed by atoms with Crippen molar-refractivity contribution in [3.05, 3.63) is 331 Å². The Morgan fingerprint density at radius 2 is 0.765 bits per heavy atom. The van der Waals surface area contributed by atoms with E-state index >= 15 is 0 Å². The SMILES string of the molecule is Cc1cc(C)c(C)c(C)c1.Cc1ccc(C(C)(C)C)cc1.Cc1ccc(C)cc1.Cc1ccc2c(c1)C(C)(C)c1ccccc1-2.Cc1ccc2ccccc2c1.Cc1cccc2c1CCCC2.Cc1cccc2ccccc12.Cc1ccccc1. The Kier molecular flexibility index (Phi) is 24.7. The molecule has 0 fully saturated rings. The molecule has 0 heterocycles. The first kappa shape index (κ1) is 66.1. The lowest BCUT2D eigenvalue weighted by atomic mass is 9.82. The number of rotatable bonds is 0. The predicted molar refractivity (Wildman–Crippen MR) is 376 cm³/mol. The lowest BCUT2D eigenvalue weighted by Crippen LogP contribution is -2.14. The zero-order chi connectivity index (χ0) is 61.7. The average molecular weight is 1120 g/mol. The summed E-state index contributed by atoms with van der Waals surface area (Å²) in [6, 6.07) is 83.9. The Labute approximate surface area is 515 Å². The Bertz CT molecular complexity index is 3770. The number of hydrogen-bond donors (Lipinski definition) is 0. The van der Waals surface area contributed by atoms with Crippen molar-refractivity contribution in [2.45, 2.75) is 154 Å². The van der Waals surface area contributed by atoms with Crippen LogP contribution in [0.5, 0.6) is 0 Å². The highest BCUT2D eigenvalue weighted by molar-refractivity contribution is 5.85. The number of aryl methyl sites for hydroxylation is 12. The normalized spacial score (nSPS) is 12.0. The van der Waals surface area contributed by atoms with Crippen molar-refractivity contribution in [1.82, 2.24) is 0 Å². The summed E-state index contributed by atoms with van der Waals surface area (Å²) < 4.78 is 0. The van der Waals surface area contributed by atoms with E-state index in [9.17, 15) is 0 Å². The van der Waals surface area contributed by atoms with E-state index in [2.05, 4.69) is 336 Å². The Morgan fingerprint density at radius 3 is 1.35 bits per heavy atom. The molecule has 11 aromatic rings. The second-order valence-corrected chi connectivity index (χ2v) is 25.2. The van der Waals surface area contributed by atoms with Crippen molar-refractivity contribution in [1.29, 1.82) is 0 Å². The van der Waals surface area contributed by atoms with E-state index in [1.165, 1.54) is 142 Å². The zero-order valence-corrected chi connectivity index (χ0v) is 54.8. The van der Waals surface area contributed by atoms with E-state index in [-0.39, 0.29) is 10.8 Å². The molecule has 0 radical (unpaired) electrons. The minimum atomic E-state index is 0.151. The van der Waals surface area contributed by atoms with Crippen molar-refractivity contribution in [2.24, 2.45) is 0 Å². The van der Waals surface area contributed by atoms with Crippen molar-refractivity contribution in [2.75, 3.05) is 0 Å². The molecular weight excluding hydrogens is 1020 g/mol. The molecule has 0 aliphatic heterocycles. The van der Waals surface area contributed by atoms with E-state index in [1.54, 1.807) is 11.1 Å². The van der Waals surface area contributed by atoms with Crippen molar-refractivity contribution >= 4 is 21.5 Å². The molecule has 2 aliphatic rings. The third-order valence-corrected chi connectivity index (χ3v) is 16.4. The molecule has 2 aliphatic carbocycles. The minimum Gasteiger partial charge on any atom is -0.0622 e. The molecule has 85 heavy (non-hydrogen) atoms. The summed E-state index contributed by atoms with van der Waals surface area (Å²) in [6.07, 6.45) is 5.38. The maximum atomic E-state index is 2.33. The van der Waals surface area contributed by atoms with Crippen LogP contribution in [0.2, 0.25) is 0 Å². The topological polar surface area (TPSA) is 0 Å². The first-order chi connectivity index (χ1) is 40.5. The fraction of sp³-hybridized carbons (Fsp3) is 0.271. The Morgan fingerprint density at radius 1 is 0.306 bits per heavy atom. The highest BCUT2D eigenvalue weighted by atomic mass is 14.4. The third-order valence-electron chi connectivity index (χ3n) is 16.4. The summed E-state index contributed by atoms with van der Waals surface area (Å²) in [5, 5.41) is 5.33. The van der Waals surface area contributed by atoms with Gasteiger partial charge in [0.15, 0.2) is 0 Å². The van der Waals surface area contributed by atoms with Crippen LogP contribution in [-0.4, -0.2) is 0 Å². The van der Waals surface area contributed by atoms with Gasteiger partial charge in [-0.05, 0) is 202 Å². The largest absolute Gasteiger partial charge is 0.0622 e. The number of benzene rings is 11. The molecule has 0 atom stereocenters. The van der Waals surface area contributed by atoms with E-state index in [0.717, 1.165) is 0 Å². The average Bonchev–Trinajstić information content (AvgIpc) is 1.90. The Balaban J connectivity index is 0.000000157. The van der Waals surface area contributed by atoms with Crippen molar-refractivity contribution in [3.63, 3.8) is 0 Å². The molecule has 11 aromatic carbocycles. The van der Waals surface area contributed by atoms with Gasteiger partial charge in [-0.25, -0.2) is 0 Å². The van der Waals surface area contributed by atoms with Crippen LogP contribution in [0, 0.1) is 83.1 Å². The van der Waals surface area contributed by atoms with Crippen LogP contribution in [0.15, 0.2) is 237 Å². The summed E-state index contributed by atoms with van der Waals surface area (Å²) in [7, 11) is 0. The van der Waals surface area contributed by atoms with Crippen LogP contribution >= 0.6 is 0 Å². The van der Waals surface area contributed by atoms with E-state index in [1.807, 2.05) is 18.2 Å². The highest BCUT2D eigenvalue weighted by Gasteiger charge is 2.34. The summed E-state index contributed by atoms with van der Waals surface area (Å²) in [5.74, 6) is 0. The van der Waals surface area contributed by atoms with Gasteiger partial charge in [-0.1, -0.05) is 310 Å². The summed E-state index contributed by atoms with van der Waals surface area (Å²) in [4.78, 5) is 0. The monoisotopic (exact) mass is 1120 g/mol. The van der Waals surface area contributed by atoms with Crippen LogP contribution in [0.1, 0.15) is 142 Å². The molecule has 13 rings (SSSR count). The molecule has 0 nitrogen and oxygen atoms in total. The van der Waals surface area contributed by atoms with Gasteiger partial charge >= 0.3 is 0 Å². The minimum absolute atomic E-state index is 0.151. The van der Waals surface area contributed by atoms with Crippen molar-refractivity contribution < 1.29 is 0 Å². The second kappa shape index (κ2) is 31.7. The zero-order valence-electron chi connectivity index (χ0n) is 54.8. The fourth-order valence-corrected chi connectivity index (χ4v) is 11.0. The molecule has 0 unspecified atom stereocenters. The molecule has 0 amide bonds. The molecule has 0 aromatic heterocycles. The lowest BCUT2D eigenvalue weighted by Gasteiger charge is -2.21. The van der Waals surface area contributed by atoms with E-state index in [4.69, 9.17) is 0 Å². The molecule has 0 heteroatoms. The van der Waals surface area contributed by atoms with Gasteiger partial charge in [0.2, 0.25) is 0 Å². The molecule has 0 N–H and O–H groups in total. The van der Waals surface area contributed by atoms with E-state index in [0.29, 0.717) is 0 Å². The standard InChI is InChI=1S/C16H16.C11H14.2C11H10.C11H16.C10H14.C8H10.C7H8/c1-11-8-9-13-12-6-4-5-7-14(12)16(2,3)15(13)10-11;2*1-9-5-4-7-10-6-2-3-8-11(9)10;1-9-6-7-10-4-2-3-5-11(10)8-9;1-9-5-7-10(8-6-9)11(2,3)4;1-7-5-8(2)10(4)9(3)6-7;1-7-3-5-8(2)6-4-7;1-7-5-3-2-4-6-7/h4-10H,1-3H3;4-5,7H,2-3,6,8H2,1H3;2*2-8H,1H3;5-8H,1-4H3;5-6H,1-4H3;3-6H,1-2H3;2-6H,1H3. The molecule has 0 saturated heterocycles. The predicted octanol–water partition coefficient (Wildman–Crippen LogP) is 24.0.